The van der Waals surface area contributed by atoms with Crippen molar-refractivity contribution in [2.75, 3.05) is 19.7 Å². The number of hydrogen-bond donors (Lipinski definition) is 1. The Morgan fingerprint density at radius 3 is 2.73 bits per heavy atom. The second kappa shape index (κ2) is 8.62. The van der Waals surface area contributed by atoms with Crippen molar-refractivity contribution in [2.45, 2.75) is 31.9 Å². The van der Waals surface area contributed by atoms with Gasteiger partial charge in [-0.05, 0) is 36.6 Å². The Morgan fingerprint density at radius 2 is 2.12 bits per heavy atom. The molecule has 1 saturated heterocycles. The van der Waals surface area contributed by atoms with Gasteiger partial charge < -0.3 is 14.7 Å². The van der Waals surface area contributed by atoms with Crippen molar-refractivity contribution in [2.24, 2.45) is 0 Å². The fourth-order valence-electron chi connectivity index (χ4n) is 3.06. The highest BCUT2D eigenvalue weighted by molar-refractivity contribution is 5.94. The number of carboxylic acids is 1. The Bertz CT molecular complexity index is 722. The molecule has 0 aliphatic carbocycles. The standard InChI is InChI=1S/C19H23N3O4/c23-18(24)8-11-21(14-17-3-1-12-26-17)19(25)16-6-4-15(5-7-16)13-22-10-2-9-20-22/h2,4-7,9-10,17H,1,3,8,11-14H2,(H,23,24)/t17-/m0/s1. The van der Waals surface area contributed by atoms with Crippen molar-refractivity contribution in [3.05, 3.63) is 53.9 Å². The van der Waals surface area contributed by atoms with Crippen molar-refractivity contribution < 1.29 is 19.4 Å². The fourth-order valence-corrected chi connectivity index (χ4v) is 3.06. The highest BCUT2D eigenvalue weighted by Gasteiger charge is 2.23. The molecule has 2 heterocycles. The zero-order valence-corrected chi connectivity index (χ0v) is 14.6. The van der Waals surface area contributed by atoms with Crippen molar-refractivity contribution >= 4 is 11.9 Å². The van der Waals surface area contributed by atoms with Gasteiger partial charge >= 0.3 is 5.97 Å². The summed E-state index contributed by atoms with van der Waals surface area (Å²) >= 11 is 0. The molecule has 1 amide bonds. The van der Waals surface area contributed by atoms with Gasteiger partial charge in [-0.25, -0.2) is 0 Å². The molecule has 1 aliphatic rings. The summed E-state index contributed by atoms with van der Waals surface area (Å²) in [6, 6.07) is 9.23. The summed E-state index contributed by atoms with van der Waals surface area (Å²) < 4.78 is 7.42. The van der Waals surface area contributed by atoms with Crippen LogP contribution in [0.5, 0.6) is 0 Å². The molecule has 1 aromatic heterocycles. The topological polar surface area (TPSA) is 84.7 Å². The SMILES string of the molecule is O=C(O)CCN(C[C@@H]1CCCO1)C(=O)c1ccc(Cn2cccn2)cc1. The molecule has 2 aromatic rings. The van der Waals surface area contributed by atoms with Gasteiger partial charge in [-0.2, -0.15) is 5.10 Å². The zero-order valence-electron chi connectivity index (χ0n) is 14.6. The van der Waals surface area contributed by atoms with E-state index in [9.17, 15) is 9.59 Å². The summed E-state index contributed by atoms with van der Waals surface area (Å²) in [6.45, 7) is 1.96. The summed E-state index contributed by atoms with van der Waals surface area (Å²) in [7, 11) is 0. The molecular weight excluding hydrogens is 334 g/mol. The number of benzene rings is 1. The monoisotopic (exact) mass is 357 g/mol. The van der Waals surface area contributed by atoms with Gasteiger partial charge in [0.1, 0.15) is 0 Å². The van der Waals surface area contributed by atoms with E-state index in [0.717, 1.165) is 18.4 Å². The maximum atomic E-state index is 12.8. The fraction of sp³-hybridized carbons (Fsp3) is 0.421. The predicted molar refractivity (Wildman–Crippen MR) is 94.9 cm³/mol. The first kappa shape index (κ1) is 18.1. The van der Waals surface area contributed by atoms with Gasteiger partial charge in [-0.15, -0.1) is 0 Å². The van der Waals surface area contributed by atoms with Crippen molar-refractivity contribution in [1.29, 1.82) is 0 Å². The molecule has 138 valence electrons. The number of aromatic nitrogens is 2. The molecule has 0 unspecified atom stereocenters. The molecule has 3 rings (SSSR count). The summed E-state index contributed by atoms with van der Waals surface area (Å²) in [5, 5.41) is 13.1. The minimum absolute atomic E-state index is 0.00756. The molecule has 0 radical (unpaired) electrons. The molecule has 1 atom stereocenters. The van der Waals surface area contributed by atoms with Crippen LogP contribution in [0.25, 0.3) is 0 Å². The van der Waals surface area contributed by atoms with Crippen LogP contribution in [-0.4, -0.2) is 57.5 Å². The minimum Gasteiger partial charge on any atom is -0.481 e. The normalized spacial score (nSPS) is 16.5. The lowest BCUT2D eigenvalue weighted by Crippen LogP contribution is -2.38. The van der Waals surface area contributed by atoms with Crippen LogP contribution in [0.1, 0.15) is 35.2 Å². The number of hydrogen-bond acceptors (Lipinski definition) is 4. The molecule has 26 heavy (non-hydrogen) atoms. The largest absolute Gasteiger partial charge is 0.481 e. The number of ether oxygens (including phenoxy) is 1. The van der Waals surface area contributed by atoms with E-state index in [4.69, 9.17) is 9.84 Å². The van der Waals surface area contributed by atoms with Crippen LogP contribution in [0.4, 0.5) is 0 Å². The van der Waals surface area contributed by atoms with Crippen LogP contribution < -0.4 is 0 Å². The van der Waals surface area contributed by atoms with Crippen LogP contribution in [0, 0.1) is 0 Å². The molecule has 7 heteroatoms. The quantitative estimate of drug-likeness (QED) is 0.781. The predicted octanol–water partition coefficient (Wildman–Crippen LogP) is 2.03. The van der Waals surface area contributed by atoms with E-state index < -0.39 is 5.97 Å². The van der Waals surface area contributed by atoms with Crippen LogP contribution in [0.2, 0.25) is 0 Å². The third kappa shape index (κ3) is 4.92. The van der Waals surface area contributed by atoms with Gasteiger partial charge in [0, 0.05) is 37.7 Å². The van der Waals surface area contributed by atoms with Gasteiger partial charge in [0.25, 0.3) is 5.91 Å². The van der Waals surface area contributed by atoms with Crippen LogP contribution in [0.15, 0.2) is 42.7 Å². The smallest absolute Gasteiger partial charge is 0.305 e. The first-order valence-electron chi connectivity index (χ1n) is 8.81. The Kier molecular flexibility index (Phi) is 6.01. The molecular formula is C19H23N3O4. The third-order valence-corrected chi connectivity index (χ3v) is 4.44. The van der Waals surface area contributed by atoms with E-state index in [1.165, 1.54) is 0 Å². The lowest BCUT2D eigenvalue weighted by molar-refractivity contribution is -0.137. The number of carbonyl (C=O) groups excluding carboxylic acids is 1. The zero-order chi connectivity index (χ0) is 18.4. The molecule has 1 fully saturated rings. The van der Waals surface area contributed by atoms with E-state index in [1.54, 1.807) is 23.2 Å². The first-order chi connectivity index (χ1) is 12.6. The van der Waals surface area contributed by atoms with E-state index in [0.29, 0.717) is 25.3 Å². The van der Waals surface area contributed by atoms with Crippen molar-refractivity contribution in [1.82, 2.24) is 14.7 Å². The van der Waals surface area contributed by atoms with Gasteiger partial charge in [0.2, 0.25) is 0 Å². The van der Waals surface area contributed by atoms with Gasteiger partial charge in [-0.3, -0.25) is 14.3 Å². The highest BCUT2D eigenvalue weighted by atomic mass is 16.5. The Hall–Kier alpha value is -2.67. The molecule has 1 N–H and O–H groups in total. The average molecular weight is 357 g/mol. The Labute approximate surface area is 152 Å². The number of aliphatic carboxylic acids is 1. The van der Waals surface area contributed by atoms with Gasteiger partial charge in [0.15, 0.2) is 0 Å². The number of carboxylic acid groups (broad SMARTS) is 1. The molecule has 0 saturated carbocycles. The summed E-state index contributed by atoms with van der Waals surface area (Å²) in [5.41, 5.74) is 1.60. The van der Waals surface area contributed by atoms with E-state index >= 15 is 0 Å². The number of nitrogens with zero attached hydrogens (tertiary/aromatic N) is 3. The molecule has 7 nitrogen and oxygen atoms in total. The van der Waals surface area contributed by atoms with Gasteiger partial charge in [0.05, 0.1) is 19.1 Å². The first-order valence-corrected chi connectivity index (χ1v) is 8.81. The maximum absolute atomic E-state index is 12.8. The summed E-state index contributed by atoms with van der Waals surface area (Å²) in [4.78, 5) is 25.3. The number of amides is 1. The minimum atomic E-state index is -0.912. The van der Waals surface area contributed by atoms with Gasteiger partial charge in [-0.1, -0.05) is 12.1 Å². The average Bonchev–Trinajstić information content (AvgIpc) is 3.32. The molecule has 0 bridgehead atoms. The number of carbonyl (C=O) groups is 2. The van der Waals surface area contributed by atoms with Crippen molar-refractivity contribution in [3.63, 3.8) is 0 Å². The summed E-state index contributed by atoms with van der Waals surface area (Å²) in [5.74, 6) is -1.07. The van der Waals surface area contributed by atoms with Crippen LogP contribution in [-0.2, 0) is 16.1 Å². The van der Waals surface area contributed by atoms with Crippen LogP contribution in [0.3, 0.4) is 0 Å². The van der Waals surface area contributed by atoms with E-state index in [1.807, 2.05) is 29.1 Å². The Morgan fingerprint density at radius 1 is 1.31 bits per heavy atom. The summed E-state index contributed by atoms with van der Waals surface area (Å²) in [6.07, 6.45) is 5.41. The van der Waals surface area contributed by atoms with Crippen molar-refractivity contribution in [3.8, 4) is 0 Å². The molecule has 1 aromatic carbocycles. The second-order valence-electron chi connectivity index (χ2n) is 6.43. The number of rotatable bonds is 8. The Balaban J connectivity index is 1.66. The van der Waals surface area contributed by atoms with Crippen LogP contribution >= 0.6 is 0 Å². The maximum Gasteiger partial charge on any atom is 0.305 e. The molecule has 1 aliphatic heterocycles. The lowest BCUT2D eigenvalue weighted by Gasteiger charge is -2.25. The lowest BCUT2D eigenvalue weighted by atomic mass is 10.1. The third-order valence-electron chi connectivity index (χ3n) is 4.44. The second-order valence-corrected chi connectivity index (χ2v) is 6.43. The highest BCUT2D eigenvalue weighted by Crippen LogP contribution is 2.16. The van der Waals surface area contributed by atoms with E-state index in [2.05, 4.69) is 5.10 Å². The molecule has 0 spiro atoms. The van der Waals surface area contributed by atoms with E-state index in [-0.39, 0.29) is 25.0 Å².